The lowest BCUT2D eigenvalue weighted by Gasteiger charge is -2.41. The van der Waals surface area contributed by atoms with E-state index in [1.54, 1.807) is 6.20 Å². The minimum Gasteiger partial charge on any atom is -0.383 e. The van der Waals surface area contributed by atoms with E-state index < -0.39 is 18.8 Å². The average molecular weight is 478 g/mol. The van der Waals surface area contributed by atoms with Gasteiger partial charge in [-0.2, -0.15) is 13.2 Å². The second-order valence-electron chi connectivity index (χ2n) is 8.89. The van der Waals surface area contributed by atoms with E-state index in [0.717, 1.165) is 33.4 Å². The average Bonchev–Trinajstić information content (AvgIpc) is 3.15. The fourth-order valence-electron chi connectivity index (χ4n) is 4.88. The summed E-state index contributed by atoms with van der Waals surface area (Å²) < 4.78 is 53.2. The standard InChI is InChI=1S/C25H31F4N5/c1-16-14-19-18-6-3-4-7-21(18)33-23(19)24(34(16)15-25(27,28)29)22-17(2)20(8-11-32-22)31-13-12-30-10-5-9-26/h3-4,6-8,11,16,24,30,33H,5,9-10,12-15H2,1-2H3,(H,31,32)/t16-,24?/m1/s1. The zero-order valence-corrected chi connectivity index (χ0v) is 19.5. The first-order chi connectivity index (χ1) is 16.3. The van der Waals surface area contributed by atoms with Crippen LogP contribution in [0, 0.1) is 6.92 Å². The van der Waals surface area contributed by atoms with Crippen LogP contribution in [0.4, 0.5) is 23.2 Å². The molecule has 0 fully saturated rings. The molecule has 1 unspecified atom stereocenters. The number of aromatic nitrogens is 2. The minimum atomic E-state index is -4.33. The van der Waals surface area contributed by atoms with Crippen LogP contribution in [0.25, 0.3) is 10.9 Å². The number of hydrogen-bond acceptors (Lipinski definition) is 4. The summed E-state index contributed by atoms with van der Waals surface area (Å²) in [6.07, 6.45) is -1.67. The highest BCUT2D eigenvalue weighted by atomic mass is 19.4. The third kappa shape index (κ3) is 5.20. The van der Waals surface area contributed by atoms with Crippen LogP contribution in [0.2, 0.25) is 0 Å². The number of anilines is 1. The Labute approximate surface area is 196 Å². The second kappa shape index (κ2) is 10.3. The van der Waals surface area contributed by atoms with Gasteiger partial charge in [-0.05, 0) is 56.5 Å². The molecule has 1 aromatic carbocycles. The van der Waals surface area contributed by atoms with E-state index in [4.69, 9.17) is 0 Å². The van der Waals surface area contributed by atoms with Crippen LogP contribution in [0.15, 0.2) is 36.5 Å². The molecule has 3 aromatic rings. The van der Waals surface area contributed by atoms with Crippen LogP contribution in [0.5, 0.6) is 0 Å². The molecular formula is C25H31F4N5. The van der Waals surface area contributed by atoms with Crippen molar-refractivity contribution >= 4 is 16.6 Å². The topological polar surface area (TPSA) is 56.0 Å². The molecule has 184 valence electrons. The highest BCUT2D eigenvalue weighted by Gasteiger charge is 2.43. The highest BCUT2D eigenvalue weighted by Crippen LogP contribution is 2.42. The Morgan fingerprint density at radius 1 is 1.15 bits per heavy atom. The van der Waals surface area contributed by atoms with Gasteiger partial charge in [0.25, 0.3) is 0 Å². The molecule has 0 aliphatic carbocycles. The van der Waals surface area contributed by atoms with Crippen LogP contribution < -0.4 is 10.6 Å². The Morgan fingerprint density at radius 3 is 2.71 bits per heavy atom. The van der Waals surface area contributed by atoms with Gasteiger partial charge in [0.1, 0.15) is 0 Å². The molecular weight excluding hydrogens is 446 g/mol. The lowest BCUT2D eigenvalue weighted by molar-refractivity contribution is -0.155. The minimum absolute atomic E-state index is 0.309. The highest BCUT2D eigenvalue weighted by molar-refractivity contribution is 5.85. The van der Waals surface area contributed by atoms with Gasteiger partial charge < -0.3 is 15.6 Å². The quantitative estimate of drug-likeness (QED) is 0.295. The largest absolute Gasteiger partial charge is 0.401 e. The zero-order valence-electron chi connectivity index (χ0n) is 19.5. The summed E-state index contributed by atoms with van der Waals surface area (Å²) in [6, 6.07) is 8.74. The smallest absolute Gasteiger partial charge is 0.383 e. The van der Waals surface area contributed by atoms with E-state index in [9.17, 15) is 17.6 Å². The summed E-state index contributed by atoms with van der Waals surface area (Å²) >= 11 is 0. The first-order valence-electron chi connectivity index (χ1n) is 11.7. The number of nitrogens with zero attached hydrogens (tertiary/aromatic N) is 2. The van der Waals surface area contributed by atoms with Crippen molar-refractivity contribution in [3.05, 3.63) is 59.0 Å². The molecule has 1 aliphatic rings. The summed E-state index contributed by atoms with van der Waals surface area (Å²) in [7, 11) is 0. The van der Waals surface area contributed by atoms with Crippen molar-refractivity contribution in [1.29, 1.82) is 0 Å². The number of aromatic amines is 1. The van der Waals surface area contributed by atoms with Crippen molar-refractivity contribution in [2.45, 2.75) is 44.9 Å². The Kier molecular flexibility index (Phi) is 7.42. The second-order valence-corrected chi connectivity index (χ2v) is 8.89. The fourth-order valence-corrected chi connectivity index (χ4v) is 4.88. The van der Waals surface area contributed by atoms with Crippen molar-refractivity contribution < 1.29 is 17.6 Å². The van der Waals surface area contributed by atoms with Crippen molar-refractivity contribution in [2.75, 3.05) is 38.2 Å². The number of nitrogens with one attached hydrogen (secondary N) is 3. The Balaban J connectivity index is 1.70. The molecule has 2 atom stereocenters. The van der Waals surface area contributed by atoms with E-state index in [2.05, 4.69) is 20.6 Å². The third-order valence-corrected chi connectivity index (χ3v) is 6.49. The predicted octanol–water partition coefficient (Wildman–Crippen LogP) is 5.13. The number of alkyl halides is 4. The van der Waals surface area contributed by atoms with Gasteiger partial charge in [0, 0.05) is 47.6 Å². The maximum absolute atomic E-state index is 13.6. The molecule has 0 amide bonds. The van der Waals surface area contributed by atoms with Crippen molar-refractivity contribution in [3.63, 3.8) is 0 Å². The molecule has 0 saturated heterocycles. The molecule has 34 heavy (non-hydrogen) atoms. The Hall–Kier alpha value is -2.65. The van der Waals surface area contributed by atoms with Crippen LogP contribution in [0.1, 0.15) is 41.9 Å². The predicted molar refractivity (Wildman–Crippen MR) is 127 cm³/mol. The SMILES string of the molecule is Cc1c(NCCNCCCF)ccnc1C1c2[nH]c3ccccc3c2C[C@@H](C)N1CC(F)(F)F. The van der Waals surface area contributed by atoms with Gasteiger partial charge >= 0.3 is 6.18 Å². The third-order valence-electron chi connectivity index (χ3n) is 6.49. The molecule has 5 nitrogen and oxygen atoms in total. The number of para-hydroxylation sites is 1. The lowest BCUT2D eigenvalue weighted by Crippen LogP contribution is -2.47. The summed E-state index contributed by atoms with van der Waals surface area (Å²) in [6.45, 7) is 4.26. The van der Waals surface area contributed by atoms with Crippen molar-refractivity contribution in [3.8, 4) is 0 Å². The maximum atomic E-state index is 13.6. The van der Waals surface area contributed by atoms with Gasteiger partial charge in [0.05, 0.1) is 25.0 Å². The van der Waals surface area contributed by atoms with E-state index >= 15 is 0 Å². The summed E-state index contributed by atoms with van der Waals surface area (Å²) in [5.74, 6) is 0. The molecule has 0 saturated carbocycles. The molecule has 0 spiro atoms. The van der Waals surface area contributed by atoms with E-state index in [0.29, 0.717) is 38.2 Å². The molecule has 2 aromatic heterocycles. The zero-order chi connectivity index (χ0) is 24.3. The summed E-state index contributed by atoms with van der Waals surface area (Å²) in [4.78, 5) is 9.51. The van der Waals surface area contributed by atoms with E-state index in [1.807, 2.05) is 44.2 Å². The van der Waals surface area contributed by atoms with Crippen LogP contribution in [-0.4, -0.2) is 59.9 Å². The lowest BCUT2D eigenvalue weighted by atomic mass is 9.89. The Bertz CT molecular complexity index is 1110. The van der Waals surface area contributed by atoms with E-state index in [1.165, 1.54) is 4.90 Å². The maximum Gasteiger partial charge on any atom is 0.401 e. The van der Waals surface area contributed by atoms with Crippen LogP contribution in [-0.2, 0) is 6.42 Å². The number of rotatable bonds is 9. The first-order valence-corrected chi connectivity index (χ1v) is 11.7. The molecule has 4 rings (SSSR count). The number of fused-ring (bicyclic) bond motifs is 3. The number of halogens is 4. The Morgan fingerprint density at radius 2 is 1.94 bits per heavy atom. The fraction of sp³-hybridized carbons (Fsp3) is 0.480. The number of H-pyrrole nitrogens is 1. The van der Waals surface area contributed by atoms with Gasteiger partial charge in [-0.25, -0.2) is 0 Å². The molecule has 1 aliphatic heterocycles. The molecule has 0 bridgehead atoms. The van der Waals surface area contributed by atoms with Gasteiger partial charge in [-0.3, -0.25) is 14.3 Å². The molecule has 3 heterocycles. The monoisotopic (exact) mass is 477 g/mol. The molecule has 3 N–H and O–H groups in total. The molecule has 9 heteroatoms. The van der Waals surface area contributed by atoms with Gasteiger partial charge in [-0.15, -0.1) is 0 Å². The normalized spacial score (nSPS) is 18.9. The summed E-state index contributed by atoms with van der Waals surface area (Å²) in [5.41, 5.74) is 5.03. The van der Waals surface area contributed by atoms with Crippen LogP contribution >= 0.6 is 0 Å². The van der Waals surface area contributed by atoms with Crippen molar-refractivity contribution in [1.82, 2.24) is 20.2 Å². The van der Waals surface area contributed by atoms with Gasteiger partial charge in [0.2, 0.25) is 0 Å². The van der Waals surface area contributed by atoms with Crippen LogP contribution in [0.3, 0.4) is 0 Å². The van der Waals surface area contributed by atoms with Gasteiger partial charge in [-0.1, -0.05) is 18.2 Å². The molecule has 0 radical (unpaired) electrons. The number of pyridine rings is 1. The number of hydrogen-bond donors (Lipinski definition) is 3. The first kappa shape index (κ1) is 24.5. The summed E-state index contributed by atoms with van der Waals surface area (Å²) in [5, 5.41) is 7.56. The van der Waals surface area contributed by atoms with E-state index in [-0.39, 0.29) is 12.7 Å². The van der Waals surface area contributed by atoms with Crippen molar-refractivity contribution in [2.24, 2.45) is 0 Å². The van der Waals surface area contributed by atoms with Gasteiger partial charge in [0.15, 0.2) is 0 Å². The number of benzene rings is 1.